The van der Waals surface area contributed by atoms with Gasteiger partial charge in [0.2, 0.25) is 0 Å². The van der Waals surface area contributed by atoms with Crippen LogP contribution in [0, 0.1) is 11.3 Å². The summed E-state index contributed by atoms with van der Waals surface area (Å²) in [5.74, 6) is 0. The van der Waals surface area contributed by atoms with Crippen molar-refractivity contribution in [2.45, 2.75) is 13.8 Å². The van der Waals surface area contributed by atoms with Crippen molar-refractivity contribution >= 4 is 11.4 Å². The molecule has 0 fully saturated rings. The van der Waals surface area contributed by atoms with E-state index < -0.39 is 0 Å². The fourth-order valence-corrected chi connectivity index (χ4v) is 1.63. The molecule has 1 aromatic rings. The number of nitrogen functional groups attached to an aromatic ring is 1. The smallest absolute Gasteiger partial charge is 0.101 e. The molecular formula is C13H19N3O. The summed E-state index contributed by atoms with van der Waals surface area (Å²) < 4.78 is 5.34. The number of hydrogen-bond donors (Lipinski definition) is 1. The van der Waals surface area contributed by atoms with Crippen molar-refractivity contribution in [3.8, 4) is 6.07 Å². The van der Waals surface area contributed by atoms with Crippen LogP contribution in [0.1, 0.15) is 19.4 Å². The quantitative estimate of drug-likeness (QED) is 0.603. The highest BCUT2D eigenvalue weighted by Gasteiger charge is 2.06. The van der Waals surface area contributed by atoms with Crippen LogP contribution in [0.3, 0.4) is 0 Å². The SMILES string of the molecule is CCOCCN(CC)c1ccc(N)c(C#N)c1. The lowest BCUT2D eigenvalue weighted by Crippen LogP contribution is -2.27. The van der Waals surface area contributed by atoms with Crippen LogP contribution in [-0.2, 0) is 4.74 Å². The monoisotopic (exact) mass is 233 g/mol. The largest absolute Gasteiger partial charge is 0.398 e. The zero-order valence-corrected chi connectivity index (χ0v) is 10.4. The molecule has 0 unspecified atom stereocenters. The van der Waals surface area contributed by atoms with Crippen molar-refractivity contribution in [1.82, 2.24) is 0 Å². The lowest BCUT2D eigenvalue weighted by atomic mass is 10.1. The Kier molecular flexibility index (Phi) is 5.31. The second kappa shape index (κ2) is 6.77. The zero-order valence-electron chi connectivity index (χ0n) is 10.4. The molecule has 1 rings (SSSR count). The first-order chi connectivity index (χ1) is 8.22. The van der Waals surface area contributed by atoms with Gasteiger partial charge in [0.15, 0.2) is 0 Å². The van der Waals surface area contributed by atoms with E-state index in [-0.39, 0.29) is 0 Å². The maximum atomic E-state index is 8.94. The highest BCUT2D eigenvalue weighted by molar-refractivity contribution is 5.62. The third-order valence-electron chi connectivity index (χ3n) is 2.61. The minimum atomic E-state index is 0.525. The number of hydrogen-bond acceptors (Lipinski definition) is 4. The van der Waals surface area contributed by atoms with Crippen LogP contribution >= 0.6 is 0 Å². The topological polar surface area (TPSA) is 62.3 Å². The predicted octanol–water partition coefficient (Wildman–Crippen LogP) is 2.00. The van der Waals surface area contributed by atoms with E-state index in [1.807, 2.05) is 19.1 Å². The Labute approximate surface area is 103 Å². The zero-order chi connectivity index (χ0) is 12.7. The summed E-state index contributed by atoms with van der Waals surface area (Å²) in [5.41, 5.74) is 7.76. The summed E-state index contributed by atoms with van der Waals surface area (Å²) >= 11 is 0. The van der Waals surface area contributed by atoms with E-state index in [1.54, 1.807) is 6.07 Å². The van der Waals surface area contributed by atoms with Crippen molar-refractivity contribution < 1.29 is 4.74 Å². The molecule has 17 heavy (non-hydrogen) atoms. The lowest BCUT2D eigenvalue weighted by molar-refractivity contribution is 0.154. The summed E-state index contributed by atoms with van der Waals surface area (Å²) in [6.45, 7) is 7.17. The highest BCUT2D eigenvalue weighted by Crippen LogP contribution is 2.20. The van der Waals surface area contributed by atoms with E-state index in [9.17, 15) is 0 Å². The summed E-state index contributed by atoms with van der Waals surface area (Å²) in [4.78, 5) is 2.16. The molecular weight excluding hydrogens is 214 g/mol. The molecule has 0 saturated heterocycles. The molecule has 0 bridgehead atoms. The Hall–Kier alpha value is -1.73. The molecule has 92 valence electrons. The molecule has 0 radical (unpaired) electrons. The molecule has 0 atom stereocenters. The summed E-state index contributed by atoms with van der Waals surface area (Å²) in [7, 11) is 0. The minimum absolute atomic E-state index is 0.525. The Morgan fingerprint density at radius 3 is 2.76 bits per heavy atom. The highest BCUT2D eigenvalue weighted by atomic mass is 16.5. The van der Waals surface area contributed by atoms with Crippen LogP contribution < -0.4 is 10.6 Å². The first-order valence-electron chi connectivity index (χ1n) is 5.85. The molecule has 0 aliphatic heterocycles. The second-order valence-corrected chi connectivity index (χ2v) is 3.66. The van der Waals surface area contributed by atoms with E-state index >= 15 is 0 Å². The average Bonchev–Trinajstić information content (AvgIpc) is 2.36. The third-order valence-corrected chi connectivity index (χ3v) is 2.61. The van der Waals surface area contributed by atoms with Gasteiger partial charge in [-0.05, 0) is 32.0 Å². The van der Waals surface area contributed by atoms with Gasteiger partial charge in [-0.2, -0.15) is 5.26 Å². The van der Waals surface area contributed by atoms with Crippen LogP contribution in [0.25, 0.3) is 0 Å². The fraction of sp³-hybridized carbons (Fsp3) is 0.462. The molecule has 0 aromatic heterocycles. The van der Waals surface area contributed by atoms with Crippen molar-refractivity contribution in [3.63, 3.8) is 0 Å². The molecule has 0 saturated carbocycles. The maximum absolute atomic E-state index is 8.94. The Balaban J connectivity index is 2.78. The van der Waals surface area contributed by atoms with Crippen LogP contribution in [-0.4, -0.2) is 26.3 Å². The number of likely N-dealkylation sites (N-methyl/N-ethyl adjacent to an activating group) is 1. The van der Waals surface area contributed by atoms with Crippen LogP contribution in [0.2, 0.25) is 0 Å². The predicted molar refractivity (Wildman–Crippen MR) is 69.9 cm³/mol. The number of benzene rings is 1. The molecule has 2 N–H and O–H groups in total. The molecule has 1 aromatic carbocycles. The summed E-state index contributed by atoms with van der Waals surface area (Å²) in [5, 5.41) is 8.94. The van der Waals surface area contributed by atoms with Gasteiger partial charge in [-0.3, -0.25) is 0 Å². The van der Waals surface area contributed by atoms with Crippen molar-refractivity contribution in [3.05, 3.63) is 23.8 Å². The summed E-state index contributed by atoms with van der Waals surface area (Å²) in [6.07, 6.45) is 0. The lowest BCUT2D eigenvalue weighted by Gasteiger charge is -2.23. The normalized spacial score (nSPS) is 9.94. The van der Waals surface area contributed by atoms with E-state index in [4.69, 9.17) is 15.7 Å². The van der Waals surface area contributed by atoms with Gasteiger partial charge in [-0.1, -0.05) is 0 Å². The van der Waals surface area contributed by atoms with Crippen LogP contribution in [0.15, 0.2) is 18.2 Å². The van der Waals surface area contributed by atoms with E-state index in [0.717, 1.165) is 25.4 Å². The first-order valence-corrected chi connectivity index (χ1v) is 5.85. The molecule has 0 heterocycles. The van der Waals surface area contributed by atoms with Gasteiger partial charge in [-0.25, -0.2) is 0 Å². The van der Waals surface area contributed by atoms with Crippen LogP contribution in [0.5, 0.6) is 0 Å². The number of rotatable bonds is 6. The molecule has 0 spiro atoms. The number of ether oxygens (including phenoxy) is 1. The van der Waals surface area contributed by atoms with Gasteiger partial charge in [0.05, 0.1) is 12.2 Å². The standard InChI is InChI=1S/C13H19N3O/c1-3-16(7-8-17-4-2)12-5-6-13(15)11(9-12)10-14/h5-6,9H,3-4,7-8,15H2,1-2H3. The van der Waals surface area contributed by atoms with Crippen LogP contribution in [0.4, 0.5) is 11.4 Å². The third kappa shape index (κ3) is 3.65. The van der Waals surface area contributed by atoms with Gasteiger partial charge in [0.1, 0.15) is 6.07 Å². The van der Waals surface area contributed by atoms with Gasteiger partial charge in [0, 0.05) is 31.1 Å². The second-order valence-electron chi connectivity index (χ2n) is 3.66. The van der Waals surface area contributed by atoms with Crippen molar-refractivity contribution in [2.75, 3.05) is 36.9 Å². The van der Waals surface area contributed by atoms with Crippen molar-refractivity contribution in [1.29, 1.82) is 5.26 Å². The Bertz CT molecular complexity index is 398. The molecule has 0 aliphatic carbocycles. The number of anilines is 2. The van der Waals surface area contributed by atoms with Gasteiger partial charge in [-0.15, -0.1) is 0 Å². The Morgan fingerprint density at radius 1 is 1.41 bits per heavy atom. The number of nitrogens with zero attached hydrogens (tertiary/aromatic N) is 2. The van der Waals surface area contributed by atoms with Crippen molar-refractivity contribution in [2.24, 2.45) is 0 Å². The molecule has 4 heteroatoms. The minimum Gasteiger partial charge on any atom is -0.398 e. The van der Waals surface area contributed by atoms with Gasteiger partial charge < -0.3 is 15.4 Å². The maximum Gasteiger partial charge on any atom is 0.101 e. The fourth-order valence-electron chi connectivity index (χ4n) is 1.63. The first kappa shape index (κ1) is 13.3. The van der Waals surface area contributed by atoms with Gasteiger partial charge in [0.25, 0.3) is 0 Å². The number of nitrogens with two attached hydrogens (primary N) is 1. The Morgan fingerprint density at radius 2 is 2.18 bits per heavy atom. The molecule has 4 nitrogen and oxygen atoms in total. The molecule has 0 aliphatic rings. The summed E-state index contributed by atoms with van der Waals surface area (Å²) in [6, 6.07) is 7.63. The number of nitriles is 1. The van der Waals surface area contributed by atoms with Gasteiger partial charge >= 0.3 is 0 Å². The van der Waals surface area contributed by atoms with E-state index in [0.29, 0.717) is 17.9 Å². The molecule has 0 amide bonds. The van der Waals surface area contributed by atoms with E-state index in [2.05, 4.69) is 17.9 Å². The van der Waals surface area contributed by atoms with E-state index in [1.165, 1.54) is 0 Å². The average molecular weight is 233 g/mol.